The maximum atomic E-state index is 12.6. The van der Waals surface area contributed by atoms with Gasteiger partial charge in [0.2, 0.25) is 5.91 Å². The van der Waals surface area contributed by atoms with Crippen LogP contribution >= 0.6 is 0 Å². The van der Waals surface area contributed by atoms with Gasteiger partial charge in [0.05, 0.1) is 23.5 Å². The Morgan fingerprint density at radius 3 is 2.92 bits per heavy atom. The van der Waals surface area contributed by atoms with E-state index in [9.17, 15) is 9.59 Å². The summed E-state index contributed by atoms with van der Waals surface area (Å²) in [4.78, 5) is 26.1. The Balaban J connectivity index is 1.63. The van der Waals surface area contributed by atoms with E-state index in [1.165, 1.54) is 6.07 Å². The first-order valence-corrected chi connectivity index (χ1v) is 8.52. The van der Waals surface area contributed by atoms with Gasteiger partial charge in [0.1, 0.15) is 0 Å². The van der Waals surface area contributed by atoms with Crippen LogP contribution < -0.4 is 15.8 Å². The first-order valence-electron chi connectivity index (χ1n) is 8.52. The van der Waals surface area contributed by atoms with Crippen LogP contribution in [0.25, 0.3) is 0 Å². The van der Waals surface area contributed by atoms with Crippen LogP contribution in [0, 0.1) is 19.8 Å². The second-order valence-electron chi connectivity index (χ2n) is 6.58. The summed E-state index contributed by atoms with van der Waals surface area (Å²) in [7, 11) is 1.91. The van der Waals surface area contributed by atoms with Crippen LogP contribution in [0.1, 0.15) is 29.8 Å². The molecule has 0 bridgehead atoms. The molecule has 2 N–H and O–H groups in total. The number of aryl methyl sites for hydroxylation is 2. The molecule has 1 saturated heterocycles. The molecule has 3 heterocycles. The number of amides is 1. The number of nitrogens with one attached hydrogen (secondary N) is 2. The summed E-state index contributed by atoms with van der Waals surface area (Å²) < 4.78 is 1.83. The van der Waals surface area contributed by atoms with Crippen molar-refractivity contribution in [3.63, 3.8) is 0 Å². The third-order valence-electron chi connectivity index (χ3n) is 4.91. The molecule has 8 nitrogen and oxygen atoms in total. The van der Waals surface area contributed by atoms with Crippen molar-refractivity contribution in [2.24, 2.45) is 13.0 Å². The van der Waals surface area contributed by atoms with Crippen molar-refractivity contribution in [2.75, 3.05) is 18.0 Å². The summed E-state index contributed by atoms with van der Waals surface area (Å²) in [6.07, 6.45) is 3.39. The van der Waals surface area contributed by atoms with Crippen LogP contribution in [0.3, 0.4) is 0 Å². The lowest BCUT2D eigenvalue weighted by molar-refractivity contribution is -0.125. The predicted octanol–water partition coefficient (Wildman–Crippen LogP) is 0.653. The van der Waals surface area contributed by atoms with Gasteiger partial charge < -0.3 is 10.2 Å². The molecule has 2 aromatic heterocycles. The molecule has 0 radical (unpaired) electrons. The Morgan fingerprint density at radius 1 is 1.44 bits per heavy atom. The fourth-order valence-electron chi connectivity index (χ4n) is 3.36. The molecule has 1 atom stereocenters. The number of piperidine rings is 1. The summed E-state index contributed by atoms with van der Waals surface area (Å²) in [5, 5.41) is 13.6. The van der Waals surface area contributed by atoms with Crippen molar-refractivity contribution < 1.29 is 4.79 Å². The molecular weight excluding hydrogens is 320 g/mol. The van der Waals surface area contributed by atoms with Gasteiger partial charge in [-0.3, -0.25) is 14.3 Å². The van der Waals surface area contributed by atoms with E-state index < -0.39 is 0 Å². The van der Waals surface area contributed by atoms with Gasteiger partial charge in [-0.1, -0.05) is 0 Å². The largest absolute Gasteiger partial charge is 0.369 e. The van der Waals surface area contributed by atoms with Crippen LogP contribution in [0.4, 0.5) is 5.69 Å². The van der Waals surface area contributed by atoms with E-state index in [1.807, 2.05) is 25.6 Å². The number of anilines is 1. The summed E-state index contributed by atoms with van der Waals surface area (Å²) in [5.41, 5.74) is 3.62. The Kier molecular flexibility index (Phi) is 4.87. The molecule has 1 aliphatic rings. The second kappa shape index (κ2) is 7.08. The maximum Gasteiger partial charge on any atom is 0.266 e. The van der Waals surface area contributed by atoms with Gasteiger partial charge in [-0.05, 0) is 26.7 Å². The molecule has 0 spiro atoms. The van der Waals surface area contributed by atoms with Crippen molar-refractivity contribution in [2.45, 2.75) is 33.2 Å². The van der Waals surface area contributed by atoms with E-state index in [0.29, 0.717) is 13.1 Å². The van der Waals surface area contributed by atoms with E-state index in [-0.39, 0.29) is 17.4 Å². The van der Waals surface area contributed by atoms with Crippen LogP contribution in [-0.4, -0.2) is 39.0 Å². The van der Waals surface area contributed by atoms with Gasteiger partial charge in [-0.2, -0.15) is 10.2 Å². The fraction of sp³-hybridized carbons (Fsp3) is 0.529. The molecule has 0 saturated carbocycles. The number of hydrogen-bond donors (Lipinski definition) is 2. The Bertz CT molecular complexity index is 825. The molecule has 2 aromatic rings. The quantitative estimate of drug-likeness (QED) is 0.849. The molecule has 25 heavy (non-hydrogen) atoms. The number of carbonyl (C=O) groups excluding carboxylic acids is 1. The van der Waals surface area contributed by atoms with Gasteiger partial charge in [-0.25, -0.2) is 5.10 Å². The highest BCUT2D eigenvalue weighted by atomic mass is 16.2. The Labute approximate surface area is 146 Å². The van der Waals surface area contributed by atoms with Crippen molar-refractivity contribution in [3.8, 4) is 0 Å². The van der Waals surface area contributed by atoms with Crippen molar-refractivity contribution in [1.82, 2.24) is 25.3 Å². The van der Waals surface area contributed by atoms with E-state index in [2.05, 4.69) is 25.5 Å². The van der Waals surface area contributed by atoms with Crippen LogP contribution in [0.15, 0.2) is 17.1 Å². The molecular formula is C17H24N6O2. The third kappa shape index (κ3) is 3.72. The van der Waals surface area contributed by atoms with E-state index in [4.69, 9.17) is 0 Å². The number of carbonyl (C=O) groups is 1. The van der Waals surface area contributed by atoms with E-state index in [1.54, 1.807) is 6.20 Å². The van der Waals surface area contributed by atoms with Crippen LogP contribution in [-0.2, 0) is 18.4 Å². The normalized spacial score (nSPS) is 17.6. The smallest absolute Gasteiger partial charge is 0.266 e. The number of nitrogens with zero attached hydrogens (tertiary/aromatic N) is 4. The molecule has 3 rings (SSSR count). The molecule has 134 valence electrons. The first-order chi connectivity index (χ1) is 12.0. The highest BCUT2D eigenvalue weighted by Crippen LogP contribution is 2.22. The number of rotatable bonds is 4. The van der Waals surface area contributed by atoms with E-state index in [0.717, 1.165) is 42.0 Å². The molecule has 1 amide bonds. The monoisotopic (exact) mass is 344 g/mol. The Morgan fingerprint density at radius 2 is 2.24 bits per heavy atom. The summed E-state index contributed by atoms with van der Waals surface area (Å²) >= 11 is 0. The van der Waals surface area contributed by atoms with E-state index >= 15 is 0 Å². The first kappa shape index (κ1) is 17.2. The molecule has 0 aromatic carbocycles. The highest BCUT2D eigenvalue weighted by molar-refractivity contribution is 5.79. The SMILES string of the molecule is Cc1nn(C)c(C)c1CNC(=O)C1CCCN(c2cn[nH]c(=O)c2)C1. The lowest BCUT2D eigenvalue weighted by Gasteiger charge is -2.33. The van der Waals surface area contributed by atoms with Gasteiger partial charge in [-0.15, -0.1) is 0 Å². The standard InChI is InChI=1S/C17H24N6O2/c1-11-15(12(2)22(3)21-11)9-18-17(25)13-5-4-6-23(10-13)14-7-16(24)20-19-8-14/h7-8,13H,4-6,9-10H2,1-3H3,(H,18,25)(H,20,24). The Hall–Kier alpha value is -2.64. The summed E-state index contributed by atoms with van der Waals surface area (Å²) in [5.74, 6) is -0.0459. The number of aromatic amines is 1. The number of H-pyrrole nitrogens is 1. The van der Waals surface area contributed by atoms with Gasteiger partial charge in [0, 0.05) is 44.0 Å². The summed E-state index contributed by atoms with van der Waals surface area (Å²) in [6, 6.07) is 1.52. The molecule has 1 unspecified atom stereocenters. The van der Waals surface area contributed by atoms with Crippen molar-refractivity contribution in [3.05, 3.63) is 39.6 Å². The van der Waals surface area contributed by atoms with Crippen LogP contribution in [0.5, 0.6) is 0 Å². The molecule has 8 heteroatoms. The van der Waals surface area contributed by atoms with Gasteiger partial charge in [0.25, 0.3) is 5.56 Å². The lowest BCUT2D eigenvalue weighted by atomic mass is 9.96. The van der Waals surface area contributed by atoms with Crippen LogP contribution in [0.2, 0.25) is 0 Å². The van der Waals surface area contributed by atoms with Crippen molar-refractivity contribution >= 4 is 11.6 Å². The average molecular weight is 344 g/mol. The van der Waals surface area contributed by atoms with Gasteiger partial charge >= 0.3 is 0 Å². The number of hydrogen-bond acceptors (Lipinski definition) is 5. The summed E-state index contributed by atoms with van der Waals surface area (Å²) in [6.45, 7) is 5.88. The fourth-order valence-corrected chi connectivity index (χ4v) is 3.36. The van der Waals surface area contributed by atoms with Crippen molar-refractivity contribution in [1.29, 1.82) is 0 Å². The van der Waals surface area contributed by atoms with Gasteiger partial charge in [0.15, 0.2) is 0 Å². The average Bonchev–Trinajstić information content (AvgIpc) is 2.85. The minimum absolute atomic E-state index is 0.0464. The number of aromatic nitrogens is 4. The minimum Gasteiger partial charge on any atom is -0.369 e. The maximum absolute atomic E-state index is 12.6. The zero-order chi connectivity index (χ0) is 18.0. The molecule has 1 aliphatic heterocycles. The second-order valence-corrected chi connectivity index (χ2v) is 6.58. The topological polar surface area (TPSA) is 95.9 Å². The lowest BCUT2D eigenvalue weighted by Crippen LogP contribution is -2.43. The third-order valence-corrected chi connectivity index (χ3v) is 4.91. The minimum atomic E-state index is -0.230. The highest BCUT2D eigenvalue weighted by Gasteiger charge is 2.26. The predicted molar refractivity (Wildman–Crippen MR) is 94.3 cm³/mol. The molecule has 0 aliphatic carbocycles. The zero-order valence-corrected chi connectivity index (χ0v) is 14.9. The zero-order valence-electron chi connectivity index (χ0n) is 14.9. The molecule has 1 fully saturated rings.